The number of benzene rings is 1. The zero-order chi connectivity index (χ0) is 15.8. The first-order valence-corrected chi connectivity index (χ1v) is 6.53. The molecule has 0 aliphatic carbocycles. The van der Waals surface area contributed by atoms with Crippen molar-refractivity contribution in [1.82, 2.24) is 4.90 Å². The van der Waals surface area contributed by atoms with Crippen LogP contribution in [0.3, 0.4) is 0 Å². The molecule has 5 nitrogen and oxygen atoms in total. The summed E-state index contributed by atoms with van der Waals surface area (Å²) in [5.74, 6) is -2.75. The van der Waals surface area contributed by atoms with Gasteiger partial charge in [0.2, 0.25) is 5.91 Å². The summed E-state index contributed by atoms with van der Waals surface area (Å²) in [6, 6.07) is 2.80. The Bertz CT molecular complexity index is 489. The van der Waals surface area contributed by atoms with Crippen LogP contribution in [0.2, 0.25) is 0 Å². The highest BCUT2D eigenvalue weighted by atomic mass is 19.1. The third-order valence-corrected chi connectivity index (χ3v) is 2.74. The zero-order valence-electron chi connectivity index (χ0n) is 11.7. The van der Waals surface area contributed by atoms with Crippen molar-refractivity contribution in [3.63, 3.8) is 0 Å². The highest BCUT2D eigenvalue weighted by Crippen LogP contribution is 2.12. The predicted octanol–water partition coefficient (Wildman–Crippen LogP) is 2.09. The molecule has 0 aromatic heterocycles. The zero-order valence-corrected chi connectivity index (χ0v) is 11.7. The fraction of sp³-hybridized carbons (Fsp3) is 0.429. The van der Waals surface area contributed by atoms with E-state index in [-0.39, 0.29) is 24.6 Å². The average molecular weight is 300 g/mol. The largest absolute Gasteiger partial charge is 0.481 e. The standard InChI is InChI=1S/C14H18F2N2O3/c1-18(5-3-2-4-14(20)21)9-13(19)17-12-7-10(15)6-11(16)8-12/h6-8H,2-5,9H2,1H3,(H,17,19)(H,20,21). The molecule has 0 aliphatic rings. The number of hydrogen-bond donors (Lipinski definition) is 2. The van der Waals surface area contributed by atoms with E-state index in [0.29, 0.717) is 19.4 Å². The highest BCUT2D eigenvalue weighted by Gasteiger charge is 2.08. The van der Waals surface area contributed by atoms with Crippen molar-refractivity contribution in [1.29, 1.82) is 0 Å². The number of carboxylic acid groups (broad SMARTS) is 1. The number of nitrogens with zero attached hydrogens (tertiary/aromatic N) is 1. The van der Waals surface area contributed by atoms with Gasteiger partial charge in [0.25, 0.3) is 0 Å². The van der Waals surface area contributed by atoms with Crippen LogP contribution in [0.25, 0.3) is 0 Å². The first-order valence-electron chi connectivity index (χ1n) is 6.53. The number of likely N-dealkylation sites (N-methyl/N-ethyl adjacent to an activating group) is 1. The van der Waals surface area contributed by atoms with Crippen molar-refractivity contribution >= 4 is 17.6 Å². The summed E-state index contributed by atoms with van der Waals surface area (Å²) < 4.78 is 25.9. The molecular formula is C14H18F2N2O3. The molecule has 2 N–H and O–H groups in total. The van der Waals surface area contributed by atoms with Gasteiger partial charge in [-0.2, -0.15) is 0 Å². The molecule has 21 heavy (non-hydrogen) atoms. The summed E-state index contributed by atoms with van der Waals surface area (Å²) >= 11 is 0. The van der Waals surface area contributed by atoms with Gasteiger partial charge in [0.1, 0.15) is 11.6 Å². The van der Waals surface area contributed by atoms with E-state index in [1.54, 1.807) is 11.9 Å². The van der Waals surface area contributed by atoms with E-state index >= 15 is 0 Å². The second-order valence-electron chi connectivity index (χ2n) is 4.79. The van der Waals surface area contributed by atoms with E-state index in [9.17, 15) is 18.4 Å². The van der Waals surface area contributed by atoms with Gasteiger partial charge in [0.15, 0.2) is 0 Å². The third kappa shape index (κ3) is 7.36. The number of carbonyl (C=O) groups is 2. The lowest BCUT2D eigenvalue weighted by Gasteiger charge is -2.16. The molecule has 0 atom stereocenters. The number of aliphatic carboxylic acids is 1. The number of unbranched alkanes of at least 4 members (excludes halogenated alkanes) is 1. The molecular weight excluding hydrogens is 282 g/mol. The van der Waals surface area contributed by atoms with Crippen LogP contribution in [0.1, 0.15) is 19.3 Å². The molecule has 0 spiro atoms. The van der Waals surface area contributed by atoms with Crippen LogP contribution >= 0.6 is 0 Å². The highest BCUT2D eigenvalue weighted by molar-refractivity contribution is 5.92. The molecule has 0 heterocycles. The van der Waals surface area contributed by atoms with Gasteiger partial charge < -0.3 is 10.4 Å². The van der Waals surface area contributed by atoms with Crippen LogP contribution < -0.4 is 5.32 Å². The van der Waals surface area contributed by atoms with Crippen LogP contribution in [0, 0.1) is 11.6 Å². The molecule has 0 aliphatic heterocycles. The van der Waals surface area contributed by atoms with E-state index < -0.39 is 17.6 Å². The minimum atomic E-state index is -0.844. The Morgan fingerprint density at radius 2 is 1.81 bits per heavy atom. The summed E-state index contributed by atoms with van der Waals surface area (Å²) in [5, 5.41) is 10.9. The molecule has 0 unspecified atom stereocenters. The van der Waals surface area contributed by atoms with Gasteiger partial charge in [0, 0.05) is 18.2 Å². The summed E-state index contributed by atoms with van der Waals surface area (Å²) in [7, 11) is 1.71. The number of hydrogen-bond acceptors (Lipinski definition) is 3. The monoisotopic (exact) mass is 300 g/mol. The van der Waals surface area contributed by atoms with Crippen molar-refractivity contribution in [2.45, 2.75) is 19.3 Å². The SMILES string of the molecule is CN(CCCCC(=O)O)CC(=O)Nc1cc(F)cc(F)c1. The number of carbonyl (C=O) groups excluding carboxylic acids is 1. The Morgan fingerprint density at radius 1 is 1.19 bits per heavy atom. The van der Waals surface area contributed by atoms with Crippen molar-refractivity contribution in [3.05, 3.63) is 29.8 Å². The Labute approximate surface area is 121 Å². The van der Waals surface area contributed by atoms with Gasteiger partial charge >= 0.3 is 5.97 Å². The first-order chi connectivity index (χ1) is 9.86. The van der Waals surface area contributed by atoms with Crippen molar-refractivity contribution in [2.24, 2.45) is 0 Å². The Morgan fingerprint density at radius 3 is 2.38 bits per heavy atom. The third-order valence-electron chi connectivity index (χ3n) is 2.74. The summed E-state index contributed by atoms with van der Waals surface area (Å²) in [4.78, 5) is 23.8. The van der Waals surface area contributed by atoms with Gasteiger partial charge in [0.05, 0.1) is 6.54 Å². The van der Waals surface area contributed by atoms with E-state index in [1.165, 1.54) is 0 Å². The number of carboxylic acids is 1. The lowest BCUT2D eigenvalue weighted by molar-refractivity contribution is -0.137. The number of amides is 1. The second-order valence-corrected chi connectivity index (χ2v) is 4.79. The lowest BCUT2D eigenvalue weighted by atomic mass is 10.2. The minimum absolute atomic E-state index is 0.0607. The normalized spacial score (nSPS) is 10.7. The second kappa shape index (κ2) is 8.31. The van der Waals surface area contributed by atoms with Crippen molar-refractivity contribution < 1.29 is 23.5 Å². The van der Waals surface area contributed by atoms with E-state index in [1.807, 2.05) is 0 Å². The Balaban J connectivity index is 2.33. The lowest BCUT2D eigenvalue weighted by Crippen LogP contribution is -2.31. The maximum absolute atomic E-state index is 13.0. The smallest absolute Gasteiger partial charge is 0.303 e. The number of rotatable bonds is 8. The van der Waals surface area contributed by atoms with Gasteiger partial charge in [-0.3, -0.25) is 14.5 Å². The fourth-order valence-corrected chi connectivity index (χ4v) is 1.81. The molecule has 116 valence electrons. The number of halogens is 2. The number of nitrogens with one attached hydrogen (secondary N) is 1. The predicted molar refractivity (Wildman–Crippen MR) is 74.0 cm³/mol. The van der Waals surface area contributed by atoms with Crippen molar-refractivity contribution in [2.75, 3.05) is 25.5 Å². The van der Waals surface area contributed by atoms with Gasteiger partial charge in [-0.1, -0.05) is 0 Å². The topological polar surface area (TPSA) is 69.6 Å². The van der Waals surface area contributed by atoms with E-state index in [0.717, 1.165) is 18.2 Å². The molecule has 0 saturated carbocycles. The Kier molecular flexibility index (Phi) is 6.74. The summed E-state index contributed by atoms with van der Waals surface area (Å²) in [5.41, 5.74) is 0.0665. The van der Waals surface area contributed by atoms with Gasteiger partial charge in [-0.05, 0) is 38.6 Å². The maximum Gasteiger partial charge on any atom is 0.303 e. The van der Waals surface area contributed by atoms with Crippen molar-refractivity contribution in [3.8, 4) is 0 Å². The molecule has 1 amide bonds. The van der Waals surface area contributed by atoms with Gasteiger partial charge in [-0.25, -0.2) is 8.78 Å². The van der Waals surface area contributed by atoms with Crippen LogP contribution in [0.4, 0.5) is 14.5 Å². The maximum atomic E-state index is 13.0. The minimum Gasteiger partial charge on any atom is -0.481 e. The first kappa shape index (κ1) is 17.0. The Hall–Kier alpha value is -2.02. The molecule has 1 aromatic rings. The summed E-state index contributed by atoms with van der Waals surface area (Å²) in [6.45, 7) is 0.628. The molecule has 1 aromatic carbocycles. The molecule has 0 saturated heterocycles. The van der Waals surface area contributed by atoms with E-state index in [2.05, 4.69) is 5.32 Å². The number of anilines is 1. The molecule has 0 bridgehead atoms. The molecule has 0 radical (unpaired) electrons. The van der Waals surface area contributed by atoms with Crippen LogP contribution in [0.5, 0.6) is 0 Å². The molecule has 1 rings (SSSR count). The summed E-state index contributed by atoms with van der Waals surface area (Å²) in [6.07, 6.45) is 1.30. The molecule has 0 fully saturated rings. The van der Waals surface area contributed by atoms with Crippen LogP contribution in [-0.4, -0.2) is 42.0 Å². The fourth-order valence-electron chi connectivity index (χ4n) is 1.81. The van der Waals surface area contributed by atoms with Crippen LogP contribution in [-0.2, 0) is 9.59 Å². The van der Waals surface area contributed by atoms with E-state index in [4.69, 9.17) is 5.11 Å². The average Bonchev–Trinajstić information content (AvgIpc) is 2.32. The van der Waals surface area contributed by atoms with Gasteiger partial charge in [-0.15, -0.1) is 0 Å². The van der Waals surface area contributed by atoms with Crippen LogP contribution in [0.15, 0.2) is 18.2 Å². The quantitative estimate of drug-likeness (QED) is 0.721. The molecule has 7 heteroatoms.